The van der Waals surface area contributed by atoms with E-state index in [2.05, 4.69) is 5.32 Å². The van der Waals surface area contributed by atoms with E-state index in [1.165, 1.54) is 0 Å². The molecule has 2 atom stereocenters. The molecule has 2 rings (SSSR count). The molecule has 4 N–H and O–H groups in total. The Labute approximate surface area is 118 Å². The van der Waals surface area contributed by atoms with E-state index in [1.807, 2.05) is 6.92 Å². The lowest BCUT2D eigenvalue weighted by Gasteiger charge is -2.28. The first-order valence-corrected chi connectivity index (χ1v) is 6.80. The molecule has 1 aromatic carbocycles. The van der Waals surface area contributed by atoms with Gasteiger partial charge in [-0.1, -0.05) is 24.6 Å². The van der Waals surface area contributed by atoms with Crippen LogP contribution in [0.25, 0.3) is 0 Å². The molecule has 1 aromatic rings. The van der Waals surface area contributed by atoms with Crippen LogP contribution in [0.4, 0.5) is 5.69 Å². The summed E-state index contributed by atoms with van der Waals surface area (Å²) in [5.74, 6) is -1.05. The predicted molar refractivity (Wildman–Crippen MR) is 76.3 cm³/mol. The molecule has 1 aliphatic carbocycles. The summed E-state index contributed by atoms with van der Waals surface area (Å²) in [7, 11) is 0. The summed E-state index contributed by atoms with van der Waals surface area (Å²) in [6.07, 6.45) is 2.45. The number of carbonyl (C=O) groups excluding carboxylic acids is 1. The Morgan fingerprint density at radius 2 is 2.15 bits per heavy atom. The number of hydrogen-bond acceptors (Lipinski definition) is 3. The molecule has 0 aliphatic heterocycles. The lowest BCUT2D eigenvalue weighted by atomic mass is 9.84. The highest BCUT2D eigenvalue weighted by Gasteiger charge is 2.43. The normalized spacial score (nSPS) is 25.4. The molecule has 2 unspecified atom stereocenters. The van der Waals surface area contributed by atoms with Crippen LogP contribution >= 0.6 is 0 Å². The van der Waals surface area contributed by atoms with E-state index >= 15 is 0 Å². The molecule has 20 heavy (non-hydrogen) atoms. The van der Waals surface area contributed by atoms with Gasteiger partial charge in [-0.15, -0.1) is 0 Å². The van der Waals surface area contributed by atoms with Crippen LogP contribution in [0.1, 0.15) is 31.7 Å². The minimum absolute atomic E-state index is 0.112. The van der Waals surface area contributed by atoms with E-state index < -0.39 is 11.4 Å². The number of hydrogen-bond donors (Lipinski definition) is 3. The van der Waals surface area contributed by atoms with Gasteiger partial charge in [0.2, 0.25) is 5.91 Å². The van der Waals surface area contributed by atoms with E-state index in [4.69, 9.17) is 10.8 Å². The van der Waals surface area contributed by atoms with Gasteiger partial charge >= 0.3 is 5.97 Å². The number of nitrogens with one attached hydrogen (secondary N) is 1. The molecule has 1 amide bonds. The number of benzene rings is 1. The van der Waals surface area contributed by atoms with Gasteiger partial charge in [-0.05, 0) is 31.4 Å². The summed E-state index contributed by atoms with van der Waals surface area (Å²) < 4.78 is 0. The van der Waals surface area contributed by atoms with Crippen molar-refractivity contribution in [2.75, 3.05) is 5.32 Å². The summed E-state index contributed by atoms with van der Waals surface area (Å²) in [6.45, 7) is 1.87. The Morgan fingerprint density at radius 1 is 1.45 bits per heavy atom. The molecule has 0 saturated heterocycles. The molecule has 108 valence electrons. The number of anilines is 1. The fourth-order valence-electron chi connectivity index (χ4n) is 2.70. The fraction of sp³-hybridized carbons (Fsp3) is 0.467. The highest BCUT2D eigenvalue weighted by atomic mass is 16.4. The second-order valence-corrected chi connectivity index (χ2v) is 5.60. The van der Waals surface area contributed by atoms with E-state index in [0.717, 1.165) is 19.3 Å². The lowest BCUT2D eigenvalue weighted by Crippen LogP contribution is -2.44. The van der Waals surface area contributed by atoms with E-state index in [0.29, 0.717) is 11.3 Å². The number of rotatable bonds is 4. The van der Waals surface area contributed by atoms with Gasteiger partial charge in [0.25, 0.3) is 0 Å². The van der Waals surface area contributed by atoms with Gasteiger partial charge in [-0.25, -0.2) is 0 Å². The van der Waals surface area contributed by atoms with Gasteiger partial charge in [0.05, 0.1) is 11.8 Å². The highest BCUT2D eigenvalue weighted by Crippen LogP contribution is 2.37. The van der Waals surface area contributed by atoms with Crippen molar-refractivity contribution in [3.8, 4) is 0 Å². The number of para-hydroxylation sites is 1. The Morgan fingerprint density at radius 3 is 2.75 bits per heavy atom. The number of carbonyl (C=O) groups is 2. The molecule has 0 radical (unpaired) electrons. The first kappa shape index (κ1) is 14.5. The quantitative estimate of drug-likeness (QED) is 0.781. The smallest absolute Gasteiger partial charge is 0.307 e. The molecule has 1 aliphatic rings. The minimum atomic E-state index is -0.921. The average Bonchev–Trinajstić information content (AvgIpc) is 2.73. The van der Waals surface area contributed by atoms with E-state index in [1.54, 1.807) is 24.3 Å². The van der Waals surface area contributed by atoms with Crippen molar-refractivity contribution in [3.05, 3.63) is 29.8 Å². The molecular formula is C15H20N2O3. The number of nitrogens with two attached hydrogens (primary N) is 1. The third-order valence-corrected chi connectivity index (χ3v) is 4.16. The van der Waals surface area contributed by atoms with Gasteiger partial charge in [0, 0.05) is 11.7 Å². The monoisotopic (exact) mass is 276 g/mol. The average molecular weight is 276 g/mol. The zero-order valence-electron chi connectivity index (χ0n) is 11.6. The van der Waals surface area contributed by atoms with Crippen LogP contribution in [-0.2, 0) is 16.0 Å². The number of aliphatic carboxylic acids is 1. The van der Waals surface area contributed by atoms with Gasteiger partial charge in [0.15, 0.2) is 0 Å². The Bertz CT molecular complexity index is 530. The summed E-state index contributed by atoms with van der Waals surface area (Å²) in [4.78, 5) is 23.3. The van der Waals surface area contributed by atoms with Crippen molar-refractivity contribution < 1.29 is 14.7 Å². The van der Waals surface area contributed by atoms with Crippen molar-refractivity contribution in [2.45, 2.75) is 38.6 Å². The number of amides is 1. The summed E-state index contributed by atoms with van der Waals surface area (Å²) in [5.41, 5.74) is 6.61. The largest absolute Gasteiger partial charge is 0.481 e. The molecule has 0 heterocycles. The van der Waals surface area contributed by atoms with Crippen LogP contribution < -0.4 is 11.1 Å². The molecule has 1 fully saturated rings. The van der Waals surface area contributed by atoms with Crippen molar-refractivity contribution in [2.24, 2.45) is 11.1 Å². The number of carboxylic acid groups (broad SMARTS) is 1. The highest BCUT2D eigenvalue weighted by molar-refractivity contribution is 5.96. The Balaban J connectivity index is 2.18. The van der Waals surface area contributed by atoms with Gasteiger partial charge in [-0.2, -0.15) is 0 Å². The van der Waals surface area contributed by atoms with Crippen LogP contribution in [0.15, 0.2) is 24.3 Å². The standard InChI is InChI=1S/C15H20N2O3/c1-15(8-4-7-12(15)16)14(20)17-11-6-3-2-5-10(11)9-13(18)19/h2-3,5-6,12H,4,7-9,16H2,1H3,(H,17,20)(H,18,19). The maximum atomic E-state index is 12.4. The van der Waals surface area contributed by atoms with Crippen LogP contribution in [0.5, 0.6) is 0 Å². The van der Waals surface area contributed by atoms with Crippen LogP contribution in [0.3, 0.4) is 0 Å². The Kier molecular flexibility index (Phi) is 4.09. The van der Waals surface area contributed by atoms with E-state index in [9.17, 15) is 9.59 Å². The molecule has 5 nitrogen and oxygen atoms in total. The second-order valence-electron chi connectivity index (χ2n) is 5.60. The molecule has 0 bridgehead atoms. The van der Waals surface area contributed by atoms with Crippen molar-refractivity contribution in [3.63, 3.8) is 0 Å². The van der Waals surface area contributed by atoms with Gasteiger partial charge < -0.3 is 16.2 Å². The molecule has 0 spiro atoms. The van der Waals surface area contributed by atoms with Crippen LogP contribution in [0.2, 0.25) is 0 Å². The first-order valence-electron chi connectivity index (χ1n) is 6.80. The summed E-state index contributed by atoms with van der Waals surface area (Å²) in [5, 5.41) is 11.7. The van der Waals surface area contributed by atoms with Crippen LogP contribution in [0, 0.1) is 5.41 Å². The zero-order chi connectivity index (χ0) is 14.8. The van der Waals surface area contributed by atoms with Gasteiger partial charge in [-0.3, -0.25) is 9.59 Å². The van der Waals surface area contributed by atoms with Crippen molar-refractivity contribution >= 4 is 17.6 Å². The lowest BCUT2D eigenvalue weighted by molar-refractivity contribution is -0.136. The van der Waals surface area contributed by atoms with Gasteiger partial charge in [0.1, 0.15) is 0 Å². The number of carboxylic acids is 1. The maximum absolute atomic E-state index is 12.4. The minimum Gasteiger partial charge on any atom is -0.481 e. The van der Waals surface area contributed by atoms with Crippen molar-refractivity contribution in [1.82, 2.24) is 0 Å². The Hall–Kier alpha value is -1.88. The molecule has 1 saturated carbocycles. The molecule has 5 heteroatoms. The summed E-state index contributed by atoms with van der Waals surface area (Å²) in [6, 6.07) is 6.82. The summed E-state index contributed by atoms with van der Waals surface area (Å²) >= 11 is 0. The first-order chi connectivity index (χ1) is 9.43. The molecular weight excluding hydrogens is 256 g/mol. The topological polar surface area (TPSA) is 92.4 Å². The van der Waals surface area contributed by atoms with Crippen molar-refractivity contribution in [1.29, 1.82) is 0 Å². The second kappa shape index (κ2) is 5.63. The third kappa shape index (κ3) is 2.82. The third-order valence-electron chi connectivity index (χ3n) is 4.16. The zero-order valence-corrected chi connectivity index (χ0v) is 11.6. The van der Waals surface area contributed by atoms with Crippen LogP contribution in [-0.4, -0.2) is 23.0 Å². The fourth-order valence-corrected chi connectivity index (χ4v) is 2.70. The SMILES string of the molecule is CC1(C(=O)Nc2ccccc2CC(=O)O)CCCC1N. The molecule has 0 aromatic heterocycles. The predicted octanol–water partition coefficient (Wildman–Crippen LogP) is 1.77. The maximum Gasteiger partial charge on any atom is 0.307 e. The van der Waals surface area contributed by atoms with E-state index in [-0.39, 0.29) is 18.4 Å².